The standard InChI is InChI=1S/C22H25F3N4O8S/c1-14-3-9-17(10-4-14)38(32,33)29-18(19(30)36-37-20(31)22(23,24)25)13-15-5-7-16(8-6-15)34-11-2-12-35-28-21(26)27/h3-10,18,29H,2,11-13H2,1H3,(H4,26,27,28)/t18-/m0/s1. The van der Waals surface area contributed by atoms with Crippen molar-refractivity contribution in [2.75, 3.05) is 13.2 Å². The Balaban J connectivity index is 2.09. The van der Waals surface area contributed by atoms with Gasteiger partial charge in [0.1, 0.15) is 18.4 Å². The smallest absolute Gasteiger partial charge is 0.493 e. The van der Waals surface area contributed by atoms with Gasteiger partial charge >= 0.3 is 18.1 Å². The molecule has 208 valence electrons. The zero-order valence-electron chi connectivity index (χ0n) is 19.9. The van der Waals surface area contributed by atoms with E-state index in [2.05, 4.69) is 19.7 Å². The molecule has 0 aliphatic carbocycles. The molecule has 2 rings (SSSR count). The fourth-order valence-corrected chi connectivity index (χ4v) is 3.91. The topological polar surface area (TPSA) is 182 Å². The van der Waals surface area contributed by atoms with Crippen LogP contribution in [0.1, 0.15) is 17.5 Å². The highest BCUT2D eigenvalue weighted by Gasteiger charge is 2.43. The molecule has 0 heterocycles. The predicted molar refractivity (Wildman–Crippen MR) is 126 cm³/mol. The molecule has 0 saturated heterocycles. The van der Waals surface area contributed by atoms with Crippen LogP contribution in [0.5, 0.6) is 5.75 Å². The number of nitrogens with two attached hydrogens (primary N) is 2. The van der Waals surface area contributed by atoms with Gasteiger partial charge in [-0.05, 0) is 48.3 Å². The first-order valence-electron chi connectivity index (χ1n) is 10.8. The Kier molecular flexibility index (Phi) is 10.7. The van der Waals surface area contributed by atoms with E-state index in [1.54, 1.807) is 6.92 Å². The molecule has 0 radical (unpaired) electrons. The van der Waals surface area contributed by atoms with Crippen LogP contribution < -0.4 is 20.9 Å². The summed E-state index contributed by atoms with van der Waals surface area (Å²) >= 11 is 0. The number of guanidine groups is 1. The van der Waals surface area contributed by atoms with Crippen LogP contribution in [-0.2, 0) is 40.6 Å². The average molecular weight is 563 g/mol. The van der Waals surface area contributed by atoms with Crippen molar-refractivity contribution in [3.63, 3.8) is 0 Å². The highest BCUT2D eigenvalue weighted by molar-refractivity contribution is 7.89. The van der Waals surface area contributed by atoms with Crippen molar-refractivity contribution >= 4 is 27.9 Å². The summed E-state index contributed by atoms with van der Waals surface area (Å²) < 4.78 is 70.3. The third-order valence-electron chi connectivity index (χ3n) is 4.53. The van der Waals surface area contributed by atoms with Crippen LogP contribution in [0.4, 0.5) is 13.2 Å². The fraction of sp³-hybridized carbons (Fsp3) is 0.318. The van der Waals surface area contributed by atoms with E-state index < -0.39 is 34.2 Å². The SMILES string of the molecule is Cc1ccc(S(=O)(=O)N[C@@H](Cc2ccc(OCCCON=C(N)N)cc2)C(=O)OOC(=O)C(F)(F)F)cc1. The van der Waals surface area contributed by atoms with Gasteiger partial charge in [0, 0.05) is 6.42 Å². The second kappa shape index (κ2) is 13.5. The molecule has 0 unspecified atom stereocenters. The van der Waals surface area contributed by atoms with Gasteiger partial charge in [0.25, 0.3) is 0 Å². The van der Waals surface area contributed by atoms with Gasteiger partial charge in [0.05, 0.1) is 11.5 Å². The molecule has 2 aromatic rings. The number of aryl methyl sites for hydroxylation is 1. The molecule has 5 N–H and O–H groups in total. The quantitative estimate of drug-likeness (QED) is 0.112. The number of nitrogens with zero attached hydrogens (tertiary/aromatic N) is 1. The first kappa shape index (κ1) is 30.2. The molecule has 2 aromatic carbocycles. The van der Waals surface area contributed by atoms with Crippen LogP contribution in [0.15, 0.2) is 58.6 Å². The van der Waals surface area contributed by atoms with Crippen LogP contribution >= 0.6 is 0 Å². The Labute approximate surface area is 215 Å². The van der Waals surface area contributed by atoms with E-state index in [0.29, 0.717) is 17.7 Å². The molecule has 16 heteroatoms. The number of hydrogen-bond donors (Lipinski definition) is 3. The molecular weight excluding hydrogens is 537 g/mol. The molecule has 0 aliphatic rings. The number of sulfonamides is 1. The molecule has 12 nitrogen and oxygen atoms in total. The number of oxime groups is 1. The number of alkyl halides is 3. The summed E-state index contributed by atoms with van der Waals surface area (Å²) in [6, 6.07) is 9.86. The number of ether oxygens (including phenoxy) is 1. The monoisotopic (exact) mass is 562 g/mol. The van der Waals surface area contributed by atoms with E-state index >= 15 is 0 Å². The number of carbonyl (C=O) groups is 2. The zero-order valence-corrected chi connectivity index (χ0v) is 20.8. The minimum absolute atomic E-state index is 0.194. The van der Waals surface area contributed by atoms with Crippen molar-refractivity contribution in [1.82, 2.24) is 4.72 Å². The van der Waals surface area contributed by atoms with Crippen LogP contribution in [-0.4, -0.2) is 51.7 Å². The van der Waals surface area contributed by atoms with Crippen LogP contribution in [0.2, 0.25) is 0 Å². The van der Waals surface area contributed by atoms with Crippen LogP contribution in [0.25, 0.3) is 0 Å². The Bertz CT molecular complexity index is 1220. The van der Waals surface area contributed by atoms with Crippen LogP contribution in [0, 0.1) is 6.92 Å². The summed E-state index contributed by atoms with van der Waals surface area (Å²) in [6.45, 7) is 2.17. The van der Waals surface area contributed by atoms with E-state index in [1.807, 2.05) is 0 Å². The van der Waals surface area contributed by atoms with Crippen LogP contribution in [0.3, 0.4) is 0 Å². The lowest BCUT2D eigenvalue weighted by Crippen LogP contribution is -2.44. The van der Waals surface area contributed by atoms with E-state index in [1.165, 1.54) is 48.5 Å². The fourth-order valence-electron chi connectivity index (χ4n) is 2.72. The number of carbonyl (C=O) groups excluding carboxylic acids is 2. The van der Waals surface area contributed by atoms with E-state index in [9.17, 15) is 31.2 Å². The van der Waals surface area contributed by atoms with Gasteiger partial charge in [0.15, 0.2) is 0 Å². The highest BCUT2D eigenvalue weighted by Crippen LogP contribution is 2.19. The maximum Gasteiger partial charge on any atom is 0.495 e. The third-order valence-corrected chi connectivity index (χ3v) is 6.01. The molecule has 0 aliphatic heterocycles. The number of hydrogen-bond acceptors (Lipinski definition) is 9. The molecule has 0 fully saturated rings. The Morgan fingerprint density at radius 2 is 1.63 bits per heavy atom. The molecule has 0 amide bonds. The van der Waals surface area contributed by atoms with Crippen molar-refractivity contribution in [2.45, 2.75) is 36.9 Å². The van der Waals surface area contributed by atoms with Crippen molar-refractivity contribution in [3.8, 4) is 5.75 Å². The van der Waals surface area contributed by atoms with Gasteiger partial charge in [-0.25, -0.2) is 27.8 Å². The summed E-state index contributed by atoms with van der Waals surface area (Å²) in [5.41, 5.74) is 11.4. The largest absolute Gasteiger partial charge is 0.495 e. The van der Waals surface area contributed by atoms with Crippen molar-refractivity contribution in [3.05, 3.63) is 59.7 Å². The maximum atomic E-state index is 12.8. The van der Waals surface area contributed by atoms with Gasteiger partial charge in [-0.2, -0.15) is 17.9 Å². The van der Waals surface area contributed by atoms with Crippen molar-refractivity contribution < 1.29 is 50.5 Å². The average Bonchev–Trinajstić information content (AvgIpc) is 2.84. The third kappa shape index (κ3) is 10.1. The van der Waals surface area contributed by atoms with Gasteiger partial charge in [-0.15, -0.1) is 0 Å². The van der Waals surface area contributed by atoms with Gasteiger partial charge in [0.2, 0.25) is 16.0 Å². The molecule has 0 aromatic heterocycles. The van der Waals surface area contributed by atoms with Crippen molar-refractivity contribution in [2.24, 2.45) is 16.6 Å². The molecule has 0 bridgehead atoms. The number of benzene rings is 2. The van der Waals surface area contributed by atoms with Gasteiger partial charge in [-0.3, -0.25) is 0 Å². The summed E-state index contributed by atoms with van der Waals surface area (Å²) in [5.74, 6) is -4.15. The molecule has 38 heavy (non-hydrogen) atoms. The Morgan fingerprint density at radius 1 is 1.00 bits per heavy atom. The highest BCUT2D eigenvalue weighted by atomic mass is 32.2. The summed E-state index contributed by atoms with van der Waals surface area (Å²) in [6.07, 6.45) is -5.34. The lowest BCUT2D eigenvalue weighted by molar-refractivity contribution is -0.286. The maximum absolute atomic E-state index is 12.8. The normalized spacial score (nSPS) is 12.2. The zero-order chi connectivity index (χ0) is 28.3. The van der Waals surface area contributed by atoms with E-state index in [4.69, 9.17) is 21.0 Å². The summed E-state index contributed by atoms with van der Waals surface area (Å²) in [5, 5.41) is 3.35. The molecule has 0 saturated carbocycles. The van der Waals surface area contributed by atoms with E-state index in [0.717, 1.165) is 5.56 Å². The number of nitrogens with one attached hydrogen (secondary N) is 1. The first-order chi connectivity index (χ1) is 17.8. The first-order valence-corrected chi connectivity index (χ1v) is 12.3. The number of rotatable bonds is 12. The Morgan fingerprint density at radius 3 is 2.21 bits per heavy atom. The van der Waals surface area contributed by atoms with Crippen molar-refractivity contribution in [1.29, 1.82) is 0 Å². The summed E-state index contributed by atoms with van der Waals surface area (Å²) in [4.78, 5) is 35.4. The lowest BCUT2D eigenvalue weighted by Gasteiger charge is -2.17. The Hall–Kier alpha value is -4.05. The summed E-state index contributed by atoms with van der Waals surface area (Å²) in [7, 11) is -4.32. The predicted octanol–water partition coefficient (Wildman–Crippen LogP) is 1.42. The molecular formula is C22H25F3N4O8S. The molecule has 1 atom stereocenters. The molecule has 0 spiro atoms. The minimum Gasteiger partial charge on any atom is -0.493 e. The van der Waals surface area contributed by atoms with Gasteiger partial charge < -0.3 is 21.0 Å². The minimum atomic E-state index is -5.43. The lowest BCUT2D eigenvalue weighted by atomic mass is 10.1. The number of halogens is 3. The second-order valence-electron chi connectivity index (χ2n) is 7.66. The second-order valence-corrected chi connectivity index (χ2v) is 9.37. The van der Waals surface area contributed by atoms with Gasteiger partial charge in [-0.1, -0.05) is 29.8 Å². The van der Waals surface area contributed by atoms with E-state index in [-0.39, 0.29) is 30.5 Å².